The fourth-order valence-corrected chi connectivity index (χ4v) is 1.58. The highest BCUT2D eigenvalue weighted by atomic mass is 35.5. The average molecular weight is 309 g/mol. The molecule has 20 heavy (non-hydrogen) atoms. The van der Waals surface area contributed by atoms with Gasteiger partial charge in [0.25, 0.3) is 0 Å². The second kappa shape index (κ2) is 7.19. The van der Waals surface area contributed by atoms with Gasteiger partial charge >= 0.3 is 12.3 Å². The van der Waals surface area contributed by atoms with E-state index in [1.54, 1.807) is 6.92 Å². The highest BCUT2D eigenvalue weighted by Crippen LogP contribution is 2.28. The molecule has 0 aromatic heterocycles. The van der Waals surface area contributed by atoms with Crippen molar-refractivity contribution in [2.45, 2.75) is 19.7 Å². The maximum absolute atomic E-state index is 12.0. The Morgan fingerprint density at radius 3 is 2.65 bits per heavy atom. The molecule has 110 valence electrons. The molecule has 0 spiro atoms. The predicted octanol–water partition coefficient (Wildman–Crippen LogP) is 4.21. The summed E-state index contributed by atoms with van der Waals surface area (Å²) < 4.78 is 44.5. The lowest BCUT2D eigenvalue weighted by atomic mass is 10.2. The Balaban J connectivity index is 2.69. The van der Waals surface area contributed by atoms with Crippen molar-refractivity contribution in [2.24, 2.45) is 0 Å². The Hall–Kier alpha value is -1.69. The van der Waals surface area contributed by atoms with Crippen molar-refractivity contribution in [1.29, 1.82) is 0 Å². The maximum Gasteiger partial charge on any atom is 0.573 e. The molecule has 0 heterocycles. The third-order valence-electron chi connectivity index (χ3n) is 2.09. The molecular formula is C13H12ClF3O3. The fourth-order valence-electron chi connectivity index (χ4n) is 1.34. The van der Waals surface area contributed by atoms with Gasteiger partial charge in [-0.25, -0.2) is 0 Å². The van der Waals surface area contributed by atoms with E-state index < -0.39 is 18.1 Å². The summed E-state index contributed by atoms with van der Waals surface area (Å²) in [5, 5.41) is 0.0897. The molecule has 0 saturated carbocycles. The Morgan fingerprint density at radius 2 is 2.10 bits per heavy atom. The number of hydrogen-bond acceptors (Lipinski definition) is 3. The first-order chi connectivity index (χ1) is 9.31. The van der Waals surface area contributed by atoms with E-state index in [0.717, 1.165) is 12.1 Å². The molecule has 0 aliphatic carbocycles. The normalized spacial score (nSPS) is 11.7. The molecule has 3 nitrogen and oxygen atoms in total. The number of carbonyl (C=O) groups excluding carboxylic acids is 1. The quantitative estimate of drug-likeness (QED) is 0.765. The van der Waals surface area contributed by atoms with E-state index in [1.165, 1.54) is 18.2 Å². The summed E-state index contributed by atoms with van der Waals surface area (Å²) in [5.41, 5.74) is 0.477. The highest BCUT2D eigenvalue weighted by molar-refractivity contribution is 6.32. The van der Waals surface area contributed by atoms with Crippen LogP contribution in [0.15, 0.2) is 24.3 Å². The van der Waals surface area contributed by atoms with Gasteiger partial charge in [-0.3, -0.25) is 4.79 Å². The number of alkyl halides is 3. The molecule has 0 aliphatic heterocycles. The first-order valence-corrected chi connectivity index (χ1v) is 6.07. The van der Waals surface area contributed by atoms with Crippen LogP contribution in [-0.4, -0.2) is 18.9 Å². The van der Waals surface area contributed by atoms with Crippen LogP contribution in [0.4, 0.5) is 13.2 Å². The van der Waals surface area contributed by atoms with Crippen LogP contribution in [0.3, 0.4) is 0 Å². The number of halogens is 4. The summed E-state index contributed by atoms with van der Waals surface area (Å²) in [6, 6.07) is 3.56. The van der Waals surface area contributed by atoms with Crippen molar-refractivity contribution < 1.29 is 27.4 Å². The monoisotopic (exact) mass is 308 g/mol. The van der Waals surface area contributed by atoms with E-state index in [4.69, 9.17) is 16.3 Å². The molecule has 0 aliphatic rings. The Labute approximate surface area is 118 Å². The third kappa shape index (κ3) is 5.97. The fraction of sp³-hybridized carbons (Fsp3) is 0.308. The van der Waals surface area contributed by atoms with Gasteiger partial charge in [0.2, 0.25) is 0 Å². The van der Waals surface area contributed by atoms with Gasteiger partial charge in [-0.05, 0) is 30.7 Å². The van der Waals surface area contributed by atoms with Gasteiger partial charge in [-0.2, -0.15) is 0 Å². The zero-order valence-electron chi connectivity index (χ0n) is 10.5. The van der Waals surface area contributed by atoms with E-state index in [2.05, 4.69) is 4.74 Å². The Bertz CT molecular complexity index is 498. The molecule has 0 saturated heterocycles. The zero-order valence-corrected chi connectivity index (χ0v) is 11.3. The van der Waals surface area contributed by atoms with Crippen molar-refractivity contribution in [2.75, 3.05) is 6.61 Å². The summed E-state index contributed by atoms with van der Waals surface area (Å²) in [5.74, 6) is -0.790. The highest BCUT2D eigenvalue weighted by Gasteiger charge is 2.31. The molecule has 1 aromatic carbocycles. The number of carbonyl (C=O) groups is 1. The first kappa shape index (κ1) is 16.4. The van der Waals surface area contributed by atoms with Gasteiger partial charge in [0.15, 0.2) is 0 Å². The third-order valence-corrected chi connectivity index (χ3v) is 2.42. The van der Waals surface area contributed by atoms with Gasteiger partial charge in [0, 0.05) is 0 Å². The van der Waals surface area contributed by atoms with E-state index >= 15 is 0 Å². The minimum atomic E-state index is -4.76. The molecule has 1 aromatic rings. The Morgan fingerprint density at radius 1 is 1.40 bits per heavy atom. The van der Waals surface area contributed by atoms with E-state index in [1.807, 2.05) is 0 Å². The largest absolute Gasteiger partial charge is 0.573 e. The van der Waals surface area contributed by atoms with Crippen LogP contribution in [-0.2, 0) is 9.53 Å². The SMILES string of the molecule is CCOC(=O)CC=Cc1ccc(OC(F)(F)F)cc1Cl. The minimum Gasteiger partial charge on any atom is -0.466 e. The maximum atomic E-state index is 12.0. The summed E-state index contributed by atoms with van der Waals surface area (Å²) in [6.45, 7) is 1.98. The van der Waals surface area contributed by atoms with Crippen LogP contribution < -0.4 is 4.74 Å². The molecule has 0 N–H and O–H groups in total. The second-order valence-corrected chi connectivity index (χ2v) is 4.05. The van der Waals surface area contributed by atoms with E-state index in [0.29, 0.717) is 5.56 Å². The van der Waals surface area contributed by atoms with Gasteiger partial charge in [-0.1, -0.05) is 23.8 Å². The predicted molar refractivity (Wildman–Crippen MR) is 68.4 cm³/mol. The van der Waals surface area contributed by atoms with Gasteiger partial charge in [0.1, 0.15) is 5.75 Å². The smallest absolute Gasteiger partial charge is 0.466 e. The van der Waals surface area contributed by atoms with Crippen molar-refractivity contribution >= 4 is 23.6 Å². The number of esters is 1. The molecule has 0 atom stereocenters. The lowest BCUT2D eigenvalue weighted by Gasteiger charge is -2.09. The zero-order chi connectivity index (χ0) is 15.2. The van der Waals surface area contributed by atoms with Crippen LogP contribution in [0, 0.1) is 0 Å². The van der Waals surface area contributed by atoms with Crippen molar-refractivity contribution in [1.82, 2.24) is 0 Å². The van der Waals surface area contributed by atoms with Gasteiger partial charge < -0.3 is 9.47 Å². The van der Waals surface area contributed by atoms with E-state index in [-0.39, 0.29) is 18.1 Å². The molecule has 0 bridgehead atoms. The molecule has 1 rings (SSSR count). The van der Waals surface area contributed by atoms with Crippen LogP contribution in [0.2, 0.25) is 5.02 Å². The number of rotatable bonds is 5. The summed E-state index contributed by atoms with van der Waals surface area (Å²) in [6.07, 6.45) is -1.66. The topological polar surface area (TPSA) is 35.5 Å². The summed E-state index contributed by atoms with van der Waals surface area (Å²) in [7, 11) is 0. The minimum absolute atomic E-state index is 0.0605. The second-order valence-electron chi connectivity index (χ2n) is 3.64. The van der Waals surface area contributed by atoms with E-state index in [9.17, 15) is 18.0 Å². The lowest BCUT2D eigenvalue weighted by Crippen LogP contribution is -2.17. The van der Waals surface area contributed by atoms with Gasteiger partial charge in [-0.15, -0.1) is 13.2 Å². The molecule has 0 unspecified atom stereocenters. The number of benzene rings is 1. The van der Waals surface area contributed by atoms with Crippen LogP contribution in [0.1, 0.15) is 18.9 Å². The van der Waals surface area contributed by atoms with Crippen LogP contribution in [0.5, 0.6) is 5.75 Å². The first-order valence-electron chi connectivity index (χ1n) is 5.69. The number of hydrogen-bond donors (Lipinski definition) is 0. The van der Waals surface area contributed by atoms with Crippen molar-refractivity contribution in [3.63, 3.8) is 0 Å². The van der Waals surface area contributed by atoms with Crippen LogP contribution >= 0.6 is 11.6 Å². The molecule has 7 heteroatoms. The van der Waals surface area contributed by atoms with Gasteiger partial charge in [0.05, 0.1) is 18.1 Å². The number of ether oxygens (including phenoxy) is 2. The molecule has 0 radical (unpaired) electrons. The lowest BCUT2D eigenvalue weighted by molar-refractivity contribution is -0.274. The summed E-state index contributed by atoms with van der Waals surface area (Å²) in [4.78, 5) is 11.1. The standard InChI is InChI=1S/C13H12ClF3O3/c1-2-19-12(18)5-3-4-9-6-7-10(8-11(9)14)20-13(15,16)17/h3-4,6-8H,2,5H2,1H3. The summed E-state index contributed by atoms with van der Waals surface area (Å²) >= 11 is 5.82. The Kier molecular flexibility index (Phi) is 5.88. The molecule has 0 amide bonds. The molecule has 0 fully saturated rings. The van der Waals surface area contributed by atoms with Crippen molar-refractivity contribution in [3.05, 3.63) is 34.9 Å². The van der Waals surface area contributed by atoms with Crippen molar-refractivity contribution in [3.8, 4) is 5.75 Å². The average Bonchev–Trinajstić information content (AvgIpc) is 2.30. The van der Waals surface area contributed by atoms with Crippen LogP contribution in [0.25, 0.3) is 6.08 Å². The molecular weight excluding hydrogens is 297 g/mol.